The lowest BCUT2D eigenvalue weighted by Gasteiger charge is -2.38. The number of amides is 1. The molecule has 0 aromatic carbocycles. The molecule has 3 heterocycles. The Labute approximate surface area is 161 Å². The van der Waals surface area contributed by atoms with Crippen LogP contribution in [0.5, 0.6) is 0 Å². The van der Waals surface area contributed by atoms with Crippen molar-refractivity contribution < 1.29 is 4.79 Å². The number of hydrogen-bond acceptors (Lipinski definition) is 4. The van der Waals surface area contributed by atoms with Crippen LogP contribution in [0.1, 0.15) is 81.9 Å². The number of fused-ring (bicyclic) bond motifs is 1. The van der Waals surface area contributed by atoms with Gasteiger partial charge in [-0.1, -0.05) is 13.8 Å². The molecule has 27 heavy (non-hydrogen) atoms. The average molecular weight is 373 g/mol. The Bertz CT molecular complexity index is 751. The fourth-order valence-corrected chi connectivity index (χ4v) is 5.09. The minimum absolute atomic E-state index is 0.000301. The summed E-state index contributed by atoms with van der Waals surface area (Å²) < 4.78 is 0. The number of carbonyl (C=O) groups excluding carboxylic acids is 1. The molecule has 4 rings (SSSR count). The van der Waals surface area contributed by atoms with Crippen LogP contribution in [0.15, 0.2) is 4.79 Å². The SMILES string of the molecule is CCC(=O)N1CCCC1c1nc2c(c(=O)[nH]1)CN(C1CCC(C)CC1)CC2. The van der Waals surface area contributed by atoms with E-state index in [1.165, 1.54) is 25.7 Å². The highest BCUT2D eigenvalue weighted by molar-refractivity contribution is 5.76. The highest BCUT2D eigenvalue weighted by Crippen LogP contribution is 2.32. The number of rotatable bonds is 3. The molecule has 2 aliphatic heterocycles. The largest absolute Gasteiger partial charge is 0.333 e. The molecule has 148 valence electrons. The molecule has 0 bridgehead atoms. The molecular weight excluding hydrogens is 340 g/mol. The summed E-state index contributed by atoms with van der Waals surface area (Å²) >= 11 is 0. The summed E-state index contributed by atoms with van der Waals surface area (Å²) in [6.45, 7) is 6.71. The standard InChI is InChI=1S/C21H32N4O2/c1-3-19(26)25-11-4-5-18(25)20-22-17-10-12-24(13-16(17)21(27)23-20)15-8-6-14(2)7-9-15/h14-15,18H,3-13H2,1-2H3,(H,22,23,27). The number of carbonyl (C=O) groups is 1. The summed E-state index contributed by atoms with van der Waals surface area (Å²) in [7, 11) is 0. The lowest BCUT2D eigenvalue weighted by Crippen LogP contribution is -2.44. The van der Waals surface area contributed by atoms with E-state index in [2.05, 4.69) is 16.8 Å². The van der Waals surface area contributed by atoms with Crippen LogP contribution in [-0.4, -0.2) is 44.8 Å². The number of likely N-dealkylation sites (tertiary alicyclic amines) is 1. The van der Waals surface area contributed by atoms with Gasteiger partial charge in [-0.2, -0.15) is 0 Å². The van der Waals surface area contributed by atoms with Crippen LogP contribution in [0, 0.1) is 5.92 Å². The summed E-state index contributed by atoms with van der Waals surface area (Å²) in [6, 6.07) is 0.550. The minimum atomic E-state index is -0.0617. The predicted octanol–water partition coefficient (Wildman–Crippen LogP) is 2.78. The Hall–Kier alpha value is -1.69. The van der Waals surface area contributed by atoms with E-state index < -0.39 is 0 Å². The van der Waals surface area contributed by atoms with E-state index in [1.807, 2.05) is 11.8 Å². The van der Waals surface area contributed by atoms with Gasteiger partial charge in [0.25, 0.3) is 5.56 Å². The molecule has 6 nitrogen and oxygen atoms in total. The first-order valence-electron chi connectivity index (χ1n) is 10.7. The second-order valence-electron chi connectivity index (χ2n) is 8.61. The Balaban J connectivity index is 1.53. The van der Waals surface area contributed by atoms with E-state index in [0.29, 0.717) is 18.3 Å². The molecule has 0 spiro atoms. The average Bonchev–Trinajstić information content (AvgIpc) is 3.17. The number of aromatic nitrogens is 2. The third kappa shape index (κ3) is 3.68. The molecule has 6 heteroatoms. The second kappa shape index (κ2) is 7.74. The first kappa shape index (κ1) is 18.7. The smallest absolute Gasteiger partial charge is 0.255 e. The van der Waals surface area contributed by atoms with Gasteiger partial charge in [0.1, 0.15) is 5.82 Å². The summed E-state index contributed by atoms with van der Waals surface area (Å²) in [5.41, 5.74) is 1.79. The third-order valence-electron chi connectivity index (χ3n) is 6.81. The van der Waals surface area contributed by atoms with Gasteiger partial charge in [0.05, 0.1) is 17.3 Å². The van der Waals surface area contributed by atoms with Gasteiger partial charge >= 0.3 is 0 Å². The van der Waals surface area contributed by atoms with Gasteiger partial charge in [-0.05, 0) is 44.4 Å². The van der Waals surface area contributed by atoms with E-state index in [9.17, 15) is 9.59 Å². The first-order valence-corrected chi connectivity index (χ1v) is 10.7. The lowest BCUT2D eigenvalue weighted by molar-refractivity contribution is -0.131. The van der Waals surface area contributed by atoms with Crippen molar-refractivity contribution in [3.05, 3.63) is 27.4 Å². The van der Waals surface area contributed by atoms with Crippen molar-refractivity contribution in [2.75, 3.05) is 13.1 Å². The van der Waals surface area contributed by atoms with Gasteiger partial charge in [0.2, 0.25) is 5.91 Å². The van der Waals surface area contributed by atoms with Crippen molar-refractivity contribution in [3.63, 3.8) is 0 Å². The third-order valence-corrected chi connectivity index (χ3v) is 6.81. The quantitative estimate of drug-likeness (QED) is 0.886. The van der Waals surface area contributed by atoms with E-state index in [4.69, 9.17) is 4.98 Å². The van der Waals surface area contributed by atoms with E-state index in [-0.39, 0.29) is 17.5 Å². The van der Waals surface area contributed by atoms with Crippen LogP contribution in [0.3, 0.4) is 0 Å². The fraction of sp³-hybridized carbons (Fsp3) is 0.762. The molecule has 1 unspecified atom stereocenters. The molecular formula is C21H32N4O2. The Morgan fingerprint density at radius 3 is 2.70 bits per heavy atom. The molecule has 1 saturated carbocycles. The van der Waals surface area contributed by atoms with Gasteiger partial charge in [-0.3, -0.25) is 14.5 Å². The summed E-state index contributed by atoms with van der Waals surface area (Å²) in [5, 5.41) is 0. The van der Waals surface area contributed by atoms with Gasteiger partial charge in [0, 0.05) is 38.5 Å². The highest BCUT2D eigenvalue weighted by Gasteiger charge is 2.33. The van der Waals surface area contributed by atoms with Gasteiger partial charge < -0.3 is 9.88 Å². The predicted molar refractivity (Wildman–Crippen MR) is 104 cm³/mol. The maximum Gasteiger partial charge on any atom is 0.255 e. The summed E-state index contributed by atoms with van der Waals surface area (Å²) in [6.07, 6.45) is 8.29. The number of nitrogens with zero attached hydrogens (tertiary/aromatic N) is 3. The monoisotopic (exact) mass is 372 g/mol. The fourth-order valence-electron chi connectivity index (χ4n) is 5.09. The molecule has 3 aliphatic rings. The van der Waals surface area contributed by atoms with Gasteiger partial charge in [0.15, 0.2) is 0 Å². The maximum atomic E-state index is 12.8. The topological polar surface area (TPSA) is 69.3 Å². The molecule has 1 aliphatic carbocycles. The Morgan fingerprint density at radius 2 is 1.96 bits per heavy atom. The molecule has 1 atom stereocenters. The summed E-state index contributed by atoms with van der Waals surface area (Å²) in [5.74, 6) is 1.68. The Morgan fingerprint density at radius 1 is 1.19 bits per heavy atom. The van der Waals surface area contributed by atoms with E-state index in [0.717, 1.165) is 56.1 Å². The summed E-state index contributed by atoms with van der Waals surface area (Å²) in [4.78, 5) is 37.3. The van der Waals surface area contributed by atoms with Crippen molar-refractivity contribution in [3.8, 4) is 0 Å². The van der Waals surface area contributed by atoms with Crippen LogP contribution in [0.25, 0.3) is 0 Å². The zero-order valence-electron chi connectivity index (χ0n) is 16.7. The number of aromatic amines is 1. The highest BCUT2D eigenvalue weighted by atomic mass is 16.2. The second-order valence-corrected chi connectivity index (χ2v) is 8.61. The number of hydrogen-bond donors (Lipinski definition) is 1. The van der Waals surface area contributed by atoms with Gasteiger partial charge in [-0.25, -0.2) is 4.98 Å². The lowest BCUT2D eigenvalue weighted by atomic mass is 9.86. The van der Waals surface area contributed by atoms with Crippen LogP contribution < -0.4 is 5.56 Å². The van der Waals surface area contributed by atoms with E-state index in [1.54, 1.807) is 0 Å². The molecule has 1 amide bonds. The van der Waals surface area contributed by atoms with Gasteiger partial charge in [-0.15, -0.1) is 0 Å². The van der Waals surface area contributed by atoms with Crippen LogP contribution in [0.2, 0.25) is 0 Å². The molecule has 1 saturated heterocycles. The molecule has 1 N–H and O–H groups in total. The van der Waals surface area contributed by atoms with Crippen LogP contribution in [-0.2, 0) is 17.8 Å². The molecule has 0 radical (unpaired) electrons. The van der Waals surface area contributed by atoms with E-state index >= 15 is 0 Å². The van der Waals surface area contributed by atoms with Crippen LogP contribution >= 0.6 is 0 Å². The van der Waals surface area contributed by atoms with Crippen molar-refractivity contribution in [2.24, 2.45) is 5.92 Å². The van der Waals surface area contributed by atoms with Crippen molar-refractivity contribution in [2.45, 2.75) is 83.8 Å². The minimum Gasteiger partial charge on any atom is -0.333 e. The zero-order valence-corrected chi connectivity index (χ0v) is 16.7. The Kier molecular flexibility index (Phi) is 5.35. The maximum absolute atomic E-state index is 12.8. The molecule has 2 fully saturated rings. The van der Waals surface area contributed by atoms with Crippen LogP contribution in [0.4, 0.5) is 0 Å². The molecule has 1 aromatic rings. The normalized spacial score (nSPS) is 29.0. The molecule has 1 aromatic heterocycles. The number of H-pyrrole nitrogens is 1. The zero-order chi connectivity index (χ0) is 19.0. The van der Waals surface area contributed by atoms with Crippen molar-refractivity contribution in [1.82, 2.24) is 19.8 Å². The van der Waals surface area contributed by atoms with Crippen molar-refractivity contribution >= 4 is 5.91 Å². The number of nitrogens with one attached hydrogen (secondary N) is 1. The van der Waals surface area contributed by atoms with Crippen molar-refractivity contribution in [1.29, 1.82) is 0 Å². The first-order chi connectivity index (χ1) is 13.1.